The molecule has 1 unspecified atom stereocenters. The van der Waals surface area contributed by atoms with Gasteiger partial charge < -0.3 is 9.64 Å². The van der Waals surface area contributed by atoms with Gasteiger partial charge in [-0.2, -0.15) is 0 Å². The first-order valence-electron chi connectivity index (χ1n) is 6.10. The molecule has 0 saturated carbocycles. The van der Waals surface area contributed by atoms with Crippen LogP contribution in [0.2, 0.25) is 0 Å². The van der Waals surface area contributed by atoms with E-state index in [1.54, 1.807) is 0 Å². The Labute approximate surface area is 102 Å². The van der Waals surface area contributed by atoms with E-state index in [1.165, 1.54) is 0 Å². The fraction of sp³-hybridized carbons (Fsp3) is 0.909. The Balaban J connectivity index is 1.88. The van der Waals surface area contributed by atoms with Crippen LogP contribution in [0, 0.1) is 5.92 Å². The topological polar surface area (TPSA) is 63.7 Å². The van der Waals surface area contributed by atoms with Gasteiger partial charge in [0.05, 0.1) is 30.6 Å². The second-order valence-corrected chi connectivity index (χ2v) is 7.10. The van der Waals surface area contributed by atoms with Gasteiger partial charge in [0.1, 0.15) is 5.78 Å². The van der Waals surface area contributed by atoms with Crippen LogP contribution in [0.4, 0.5) is 0 Å². The molecule has 2 heterocycles. The van der Waals surface area contributed by atoms with E-state index in [1.807, 2.05) is 0 Å². The standard InChI is InChI=1S/C11H19NO4S/c13-11-2-5-16-9-10(11)8-12-3-1-6-17(14,15)7-4-12/h10H,1-9H2. The van der Waals surface area contributed by atoms with Crippen LogP contribution in [-0.2, 0) is 19.4 Å². The molecule has 0 amide bonds. The first kappa shape index (κ1) is 13.0. The minimum Gasteiger partial charge on any atom is -0.380 e. The summed E-state index contributed by atoms with van der Waals surface area (Å²) in [6, 6.07) is 0. The summed E-state index contributed by atoms with van der Waals surface area (Å²) in [5.41, 5.74) is 0. The highest BCUT2D eigenvalue weighted by atomic mass is 32.2. The molecule has 0 aliphatic carbocycles. The van der Waals surface area contributed by atoms with E-state index in [2.05, 4.69) is 4.90 Å². The Morgan fingerprint density at radius 1 is 1.29 bits per heavy atom. The predicted molar refractivity (Wildman–Crippen MR) is 63.6 cm³/mol. The minimum absolute atomic E-state index is 0.0652. The fourth-order valence-electron chi connectivity index (χ4n) is 2.33. The monoisotopic (exact) mass is 261 g/mol. The molecule has 0 radical (unpaired) electrons. The quantitative estimate of drug-likeness (QED) is 0.683. The molecule has 6 heteroatoms. The maximum absolute atomic E-state index is 11.7. The maximum atomic E-state index is 11.7. The highest BCUT2D eigenvalue weighted by molar-refractivity contribution is 7.91. The lowest BCUT2D eigenvalue weighted by molar-refractivity contribution is -0.131. The number of sulfone groups is 1. The molecule has 0 bridgehead atoms. The Morgan fingerprint density at radius 3 is 2.88 bits per heavy atom. The molecule has 5 nitrogen and oxygen atoms in total. The molecule has 0 N–H and O–H groups in total. The van der Waals surface area contributed by atoms with Crippen LogP contribution in [-0.4, -0.2) is 63.5 Å². The van der Waals surface area contributed by atoms with Crippen LogP contribution >= 0.6 is 0 Å². The summed E-state index contributed by atoms with van der Waals surface area (Å²) in [7, 11) is -2.86. The van der Waals surface area contributed by atoms with Gasteiger partial charge >= 0.3 is 0 Å². The Kier molecular flexibility index (Phi) is 4.17. The van der Waals surface area contributed by atoms with Gasteiger partial charge in [-0.25, -0.2) is 8.42 Å². The lowest BCUT2D eigenvalue weighted by Gasteiger charge is -2.27. The van der Waals surface area contributed by atoms with Crippen molar-refractivity contribution in [2.45, 2.75) is 12.8 Å². The van der Waals surface area contributed by atoms with Gasteiger partial charge in [-0.05, 0) is 13.0 Å². The molecular formula is C11H19NO4S. The number of carbonyl (C=O) groups is 1. The summed E-state index contributed by atoms with van der Waals surface area (Å²) >= 11 is 0. The number of nitrogens with zero attached hydrogens (tertiary/aromatic N) is 1. The molecule has 17 heavy (non-hydrogen) atoms. The number of carbonyl (C=O) groups excluding carboxylic acids is 1. The summed E-state index contributed by atoms with van der Waals surface area (Å²) in [5.74, 6) is 0.681. The Bertz CT molecular complexity index is 379. The highest BCUT2D eigenvalue weighted by Gasteiger charge is 2.27. The molecule has 2 rings (SSSR count). The molecule has 2 fully saturated rings. The van der Waals surface area contributed by atoms with Gasteiger partial charge in [-0.1, -0.05) is 0 Å². The highest BCUT2D eigenvalue weighted by Crippen LogP contribution is 2.13. The van der Waals surface area contributed by atoms with E-state index in [0.29, 0.717) is 39.1 Å². The van der Waals surface area contributed by atoms with Gasteiger partial charge in [-0.15, -0.1) is 0 Å². The van der Waals surface area contributed by atoms with Crippen LogP contribution in [0.25, 0.3) is 0 Å². The van der Waals surface area contributed by atoms with E-state index < -0.39 is 9.84 Å². The van der Waals surface area contributed by atoms with E-state index in [0.717, 1.165) is 6.54 Å². The molecule has 0 aromatic carbocycles. The van der Waals surface area contributed by atoms with Gasteiger partial charge in [0.25, 0.3) is 0 Å². The molecule has 2 aliphatic heterocycles. The van der Waals surface area contributed by atoms with E-state index in [9.17, 15) is 13.2 Å². The lowest BCUT2D eigenvalue weighted by atomic mass is 10.00. The first-order chi connectivity index (χ1) is 8.07. The summed E-state index contributed by atoms with van der Waals surface area (Å²) in [6.45, 7) is 2.98. The van der Waals surface area contributed by atoms with Gasteiger partial charge in [0.15, 0.2) is 9.84 Å². The van der Waals surface area contributed by atoms with E-state index in [-0.39, 0.29) is 23.2 Å². The van der Waals surface area contributed by atoms with Crippen molar-refractivity contribution in [3.8, 4) is 0 Å². The zero-order valence-corrected chi connectivity index (χ0v) is 10.7. The van der Waals surface area contributed by atoms with Crippen molar-refractivity contribution in [3.63, 3.8) is 0 Å². The number of ether oxygens (including phenoxy) is 1. The third kappa shape index (κ3) is 3.76. The molecule has 2 saturated heterocycles. The molecule has 0 spiro atoms. The number of ketones is 1. The number of rotatable bonds is 2. The molecule has 1 atom stereocenters. The summed E-state index contributed by atoms with van der Waals surface area (Å²) < 4.78 is 28.2. The molecule has 0 aromatic rings. The van der Waals surface area contributed by atoms with Gasteiger partial charge in [-0.3, -0.25) is 4.79 Å². The first-order valence-corrected chi connectivity index (χ1v) is 7.92. The number of hydrogen-bond acceptors (Lipinski definition) is 5. The van der Waals surface area contributed by atoms with Crippen LogP contribution < -0.4 is 0 Å². The zero-order chi connectivity index (χ0) is 12.3. The number of Topliss-reactive ketones (excluding diaryl/α,β-unsaturated/α-hetero) is 1. The van der Waals surface area contributed by atoms with Crippen molar-refractivity contribution in [3.05, 3.63) is 0 Å². The van der Waals surface area contributed by atoms with Gasteiger partial charge in [0.2, 0.25) is 0 Å². The van der Waals surface area contributed by atoms with Crippen LogP contribution in [0.15, 0.2) is 0 Å². The largest absolute Gasteiger partial charge is 0.380 e. The average molecular weight is 261 g/mol. The van der Waals surface area contributed by atoms with Crippen molar-refractivity contribution >= 4 is 15.6 Å². The van der Waals surface area contributed by atoms with Crippen molar-refractivity contribution in [1.82, 2.24) is 4.90 Å². The third-order valence-corrected chi connectivity index (χ3v) is 5.11. The molecule has 0 aromatic heterocycles. The summed E-state index contributed by atoms with van der Waals surface area (Å²) in [5, 5.41) is 0. The smallest absolute Gasteiger partial charge is 0.151 e. The lowest BCUT2D eigenvalue weighted by Crippen LogP contribution is -2.39. The SMILES string of the molecule is O=C1CCOCC1CN1CCCS(=O)(=O)CC1. The Hall–Kier alpha value is -0.460. The van der Waals surface area contributed by atoms with Crippen LogP contribution in [0.5, 0.6) is 0 Å². The van der Waals surface area contributed by atoms with E-state index >= 15 is 0 Å². The molecule has 2 aliphatic rings. The second kappa shape index (κ2) is 5.46. The van der Waals surface area contributed by atoms with Crippen molar-refractivity contribution < 1.29 is 17.9 Å². The molecule has 98 valence electrons. The normalized spacial score (nSPS) is 31.1. The zero-order valence-electron chi connectivity index (χ0n) is 9.93. The second-order valence-electron chi connectivity index (χ2n) is 4.79. The van der Waals surface area contributed by atoms with E-state index in [4.69, 9.17) is 4.74 Å². The minimum atomic E-state index is -2.86. The fourth-order valence-corrected chi connectivity index (χ4v) is 3.64. The summed E-state index contributed by atoms with van der Waals surface area (Å²) in [4.78, 5) is 13.7. The average Bonchev–Trinajstić information content (AvgIpc) is 2.44. The maximum Gasteiger partial charge on any atom is 0.151 e. The predicted octanol–water partition coefficient (Wildman–Crippen LogP) is -0.287. The number of hydrogen-bond donors (Lipinski definition) is 0. The molecular weight excluding hydrogens is 242 g/mol. The van der Waals surface area contributed by atoms with Gasteiger partial charge in [0, 0.05) is 19.5 Å². The van der Waals surface area contributed by atoms with Crippen molar-refractivity contribution in [2.24, 2.45) is 5.92 Å². The van der Waals surface area contributed by atoms with Crippen molar-refractivity contribution in [2.75, 3.05) is 44.4 Å². The van der Waals surface area contributed by atoms with Crippen molar-refractivity contribution in [1.29, 1.82) is 0 Å². The third-order valence-electron chi connectivity index (χ3n) is 3.39. The summed E-state index contributed by atoms with van der Waals surface area (Å²) in [6.07, 6.45) is 1.17. The Morgan fingerprint density at radius 2 is 2.12 bits per heavy atom. The van der Waals surface area contributed by atoms with Crippen LogP contribution in [0.1, 0.15) is 12.8 Å². The van der Waals surface area contributed by atoms with Crippen LogP contribution in [0.3, 0.4) is 0 Å².